The molecular formula is C15H19N3O6. The summed E-state index contributed by atoms with van der Waals surface area (Å²) < 4.78 is 5.23. The molecule has 1 aliphatic heterocycles. The van der Waals surface area contributed by atoms with Crippen molar-refractivity contribution in [1.82, 2.24) is 15.8 Å². The van der Waals surface area contributed by atoms with Crippen LogP contribution < -0.4 is 10.9 Å². The van der Waals surface area contributed by atoms with Gasteiger partial charge in [-0.05, 0) is 12.1 Å². The van der Waals surface area contributed by atoms with Crippen molar-refractivity contribution in [2.45, 2.75) is 30.6 Å². The number of aliphatic hydroxyl groups is 4. The van der Waals surface area contributed by atoms with Gasteiger partial charge in [0.2, 0.25) is 0 Å². The minimum Gasteiger partial charge on any atom is -0.394 e. The molecule has 0 saturated carbocycles. The minimum absolute atomic E-state index is 0.299. The highest BCUT2D eigenvalue weighted by Crippen LogP contribution is 2.19. The van der Waals surface area contributed by atoms with Gasteiger partial charge in [-0.3, -0.25) is 10.2 Å². The number of amides is 1. The number of aromatic nitrogens is 1. The molecule has 9 nitrogen and oxygen atoms in total. The second kappa shape index (κ2) is 6.85. The molecule has 1 fully saturated rings. The Bertz CT molecular complexity index is 685. The van der Waals surface area contributed by atoms with Gasteiger partial charge < -0.3 is 30.1 Å². The summed E-state index contributed by atoms with van der Waals surface area (Å²) in [4.78, 5) is 15.1. The smallest absolute Gasteiger partial charge is 0.281 e. The minimum atomic E-state index is -1.52. The van der Waals surface area contributed by atoms with Crippen LogP contribution in [0.25, 0.3) is 10.9 Å². The van der Waals surface area contributed by atoms with Crippen molar-refractivity contribution in [3.05, 3.63) is 36.0 Å². The maximum absolute atomic E-state index is 12.2. The van der Waals surface area contributed by atoms with Gasteiger partial charge in [-0.15, -0.1) is 0 Å². The average Bonchev–Trinajstić information content (AvgIpc) is 3.03. The largest absolute Gasteiger partial charge is 0.394 e. The highest BCUT2D eigenvalue weighted by molar-refractivity contribution is 5.97. The lowest BCUT2D eigenvalue weighted by atomic mass is 9.99. The van der Waals surface area contributed by atoms with Crippen LogP contribution in [-0.4, -0.2) is 68.6 Å². The Kier molecular flexibility index (Phi) is 4.81. The monoisotopic (exact) mass is 337 g/mol. The summed E-state index contributed by atoms with van der Waals surface area (Å²) in [5.41, 5.74) is 5.92. The van der Waals surface area contributed by atoms with Crippen LogP contribution in [0.5, 0.6) is 0 Å². The van der Waals surface area contributed by atoms with Crippen LogP contribution in [0.2, 0.25) is 0 Å². The highest BCUT2D eigenvalue weighted by Gasteiger charge is 2.43. The summed E-state index contributed by atoms with van der Waals surface area (Å²) >= 11 is 0. The van der Waals surface area contributed by atoms with Gasteiger partial charge in [0.15, 0.2) is 6.23 Å². The van der Waals surface area contributed by atoms with Gasteiger partial charge in [-0.25, -0.2) is 5.43 Å². The number of para-hydroxylation sites is 1. The van der Waals surface area contributed by atoms with E-state index in [9.17, 15) is 20.1 Å². The summed E-state index contributed by atoms with van der Waals surface area (Å²) in [5.74, 6) is -0.497. The van der Waals surface area contributed by atoms with E-state index in [4.69, 9.17) is 9.84 Å². The van der Waals surface area contributed by atoms with E-state index in [2.05, 4.69) is 15.8 Å². The molecule has 130 valence electrons. The number of hydrogen-bond acceptors (Lipinski definition) is 7. The Morgan fingerprint density at radius 2 is 1.92 bits per heavy atom. The number of ether oxygens (including phenoxy) is 1. The number of hydrazine groups is 1. The van der Waals surface area contributed by atoms with Crippen LogP contribution in [0.3, 0.4) is 0 Å². The van der Waals surface area contributed by atoms with Crippen molar-refractivity contribution < 1.29 is 30.0 Å². The van der Waals surface area contributed by atoms with E-state index < -0.39 is 43.2 Å². The van der Waals surface area contributed by atoms with Crippen molar-refractivity contribution in [1.29, 1.82) is 0 Å². The first kappa shape index (κ1) is 16.8. The van der Waals surface area contributed by atoms with E-state index in [-0.39, 0.29) is 0 Å². The molecule has 5 atom stereocenters. The van der Waals surface area contributed by atoms with Crippen molar-refractivity contribution in [3.8, 4) is 0 Å². The van der Waals surface area contributed by atoms with Crippen LogP contribution >= 0.6 is 0 Å². The van der Waals surface area contributed by atoms with Crippen molar-refractivity contribution in [2.24, 2.45) is 0 Å². The number of fused-ring (bicyclic) bond motifs is 1. The first-order chi connectivity index (χ1) is 11.5. The lowest BCUT2D eigenvalue weighted by molar-refractivity contribution is -0.238. The van der Waals surface area contributed by atoms with Gasteiger partial charge in [-0.2, -0.15) is 0 Å². The van der Waals surface area contributed by atoms with Crippen molar-refractivity contribution >= 4 is 16.8 Å². The standard InChI is InChI=1S/C15H19N3O6/c19-6-10-11(20)12(21)13(22)15(24-10)18-17-14(23)9-5-7-3-1-2-4-8(7)16-9/h1-5,10-13,15-16,18-22H,6H2,(H,17,23)/t10-,11-,12+,13-,15-/m1/s1. The molecule has 0 unspecified atom stereocenters. The zero-order chi connectivity index (χ0) is 17.3. The Morgan fingerprint density at radius 1 is 1.17 bits per heavy atom. The number of carbonyl (C=O) groups is 1. The molecule has 0 spiro atoms. The molecule has 1 saturated heterocycles. The van der Waals surface area contributed by atoms with Gasteiger partial charge in [-0.1, -0.05) is 18.2 Å². The zero-order valence-corrected chi connectivity index (χ0v) is 12.6. The van der Waals surface area contributed by atoms with Gasteiger partial charge in [0, 0.05) is 10.9 Å². The fourth-order valence-corrected chi connectivity index (χ4v) is 2.62. The number of H-pyrrole nitrogens is 1. The van der Waals surface area contributed by atoms with Gasteiger partial charge in [0.1, 0.15) is 30.1 Å². The fourth-order valence-electron chi connectivity index (χ4n) is 2.62. The van der Waals surface area contributed by atoms with E-state index in [1.807, 2.05) is 24.3 Å². The molecule has 0 aliphatic carbocycles. The Balaban J connectivity index is 1.64. The molecule has 1 amide bonds. The number of carbonyl (C=O) groups excluding carboxylic acids is 1. The summed E-state index contributed by atoms with van der Waals surface area (Å²) in [5, 5.41) is 39.3. The molecule has 1 aromatic carbocycles. The van der Waals surface area contributed by atoms with Crippen molar-refractivity contribution in [3.63, 3.8) is 0 Å². The van der Waals surface area contributed by atoms with E-state index >= 15 is 0 Å². The fraction of sp³-hybridized carbons (Fsp3) is 0.400. The second-order valence-corrected chi connectivity index (χ2v) is 5.62. The van der Waals surface area contributed by atoms with Crippen LogP contribution in [-0.2, 0) is 4.74 Å². The molecule has 0 radical (unpaired) electrons. The molecule has 2 heterocycles. The summed E-state index contributed by atoms with van der Waals surface area (Å²) in [6.07, 6.45) is -6.68. The number of aromatic amines is 1. The van der Waals surface area contributed by atoms with E-state index in [1.54, 1.807) is 6.07 Å². The number of hydrogen-bond donors (Lipinski definition) is 7. The van der Waals surface area contributed by atoms with Crippen LogP contribution in [0, 0.1) is 0 Å². The maximum atomic E-state index is 12.2. The quantitative estimate of drug-likeness (QED) is 0.326. The summed E-state index contributed by atoms with van der Waals surface area (Å²) in [6, 6.07) is 9.04. The Morgan fingerprint density at radius 3 is 2.62 bits per heavy atom. The van der Waals surface area contributed by atoms with Crippen LogP contribution in [0.15, 0.2) is 30.3 Å². The molecule has 24 heavy (non-hydrogen) atoms. The normalized spacial score (nSPS) is 30.4. The maximum Gasteiger partial charge on any atom is 0.281 e. The summed E-state index contributed by atoms with van der Waals surface area (Å²) in [7, 11) is 0. The van der Waals surface area contributed by atoms with Crippen LogP contribution in [0.1, 0.15) is 10.5 Å². The molecule has 2 aromatic rings. The molecule has 1 aliphatic rings. The number of nitrogens with one attached hydrogen (secondary N) is 3. The first-order valence-electron chi connectivity index (χ1n) is 7.45. The third kappa shape index (κ3) is 3.13. The summed E-state index contributed by atoms with van der Waals surface area (Å²) in [6.45, 7) is -0.543. The second-order valence-electron chi connectivity index (χ2n) is 5.62. The molecule has 1 aromatic heterocycles. The zero-order valence-electron chi connectivity index (χ0n) is 12.6. The van der Waals surface area contributed by atoms with Gasteiger partial charge in [0.05, 0.1) is 6.61 Å². The lowest BCUT2D eigenvalue weighted by Crippen LogP contribution is -2.64. The topological polar surface area (TPSA) is 147 Å². The predicted molar refractivity (Wildman–Crippen MR) is 82.7 cm³/mol. The molecule has 7 N–H and O–H groups in total. The van der Waals surface area contributed by atoms with Crippen molar-refractivity contribution in [2.75, 3.05) is 6.61 Å². The molecule has 9 heteroatoms. The SMILES string of the molecule is O=C(NN[C@@H]1O[C@H](CO)[C@@H](O)[C@H](O)[C@H]1O)c1cc2ccccc2[nH]1. The third-order valence-electron chi connectivity index (χ3n) is 3.99. The first-order valence-corrected chi connectivity index (χ1v) is 7.45. The lowest BCUT2D eigenvalue weighted by Gasteiger charge is -2.40. The molecular weight excluding hydrogens is 318 g/mol. The van der Waals surface area contributed by atoms with Crippen LogP contribution in [0.4, 0.5) is 0 Å². The van der Waals surface area contributed by atoms with Gasteiger partial charge >= 0.3 is 0 Å². The Hall–Kier alpha value is -2.01. The Labute approximate surface area is 136 Å². The van der Waals surface area contributed by atoms with E-state index in [1.165, 1.54) is 0 Å². The van der Waals surface area contributed by atoms with E-state index in [0.29, 0.717) is 5.69 Å². The number of benzene rings is 1. The third-order valence-corrected chi connectivity index (χ3v) is 3.99. The van der Waals surface area contributed by atoms with Gasteiger partial charge in [0.25, 0.3) is 5.91 Å². The predicted octanol–water partition coefficient (Wildman–Crippen LogP) is -1.80. The molecule has 0 bridgehead atoms. The average molecular weight is 337 g/mol. The number of aliphatic hydroxyl groups excluding tert-OH is 4. The highest BCUT2D eigenvalue weighted by atomic mass is 16.6. The van der Waals surface area contributed by atoms with E-state index in [0.717, 1.165) is 10.9 Å². The molecule has 3 rings (SSSR count). The number of rotatable bonds is 4.